The van der Waals surface area contributed by atoms with Gasteiger partial charge < -0.3 is 0 Å². The Morgan fingerprint density at radius 3 is 1.56 bits per heavy atom. The maximum absolute atomic E-state index is 2.42. The number of unbranched alkanes of at least 4 members (excludes halogenated alkanes) is 9. The monoisotopic (exact) mass is 344 g/mol. The van der Waals surface area contributed by atoms with Crippen molar-refractivity contribution < 1.29 is 0 Å². The third kappa shape index (κ3) is 9.47. The Morgan fingerprint density at radius 1 is 0.600 bits per heavy atom. The minimum atomic E-state index is 0.642. The van der Waals surface area contributed by atoms with Crippen LogP contribution in [0.3, 0.4) is 0 Å². The van der Waals surface area contributed by atoms with E-state index >= 15 is 0 Å². The van der Waals surface area contributed by atoms with Gasteiger partial charge in [0.1, 0.15) is 0 Å². The summed E-state index contributed by atoms with van der Waals surface area (Å²) in [5, 5.41) is 0. The van der Waals surface area contributed by atoms with Crippen LogP contribution in [0.4, 0.5) is 0 Å². The summed E-state index contributed by atoms with van der Waals surface area (Å²) < 4.78 is 0. The van der Waals surface area contributed by atoms with Crippen LogP contribution in [0.2, 0.25) is 0 Å². The van der Waals surface area contributed by atoms with Crippen LogP contribution >= 0.6 is 0 Å². The van der Waals surface area contributed by atoms with Gasteiger partial charge in [0.15, 0.2) is 0 Å². The summed E-state index contributed by atoms with van der Waals surface area (Å²) in [4.78, 5) is 0. The molecule has 0 radical (unpaired) electrons. The third-order valence-corrected chi connectivity index (χ3v) is 5.62. The molecule has 0 fully saturated rings. The second-order valence-electron chi connectivity index (χ2n) is 8.24. The van der Waals surface area contributed by atoms with E-state index in [0.29, 0.717) is 5.92 Å². The van der Waals surface area contributed by atoms with Crippen molar-refractivity contribution >= 4 is 0 Å². The van der Waals surface area contributed by atoms with Crippen molar-refractivity contribution in [2.45, 2.75) is 123 Å². The van der Waals surface area contributed by atoms with Crippen LogP contribution in [0.15, 0.2) is 24.3 Å². The van der Waals surface area contributed by atoms with E-state index in [9.17, 15) is 0 Å². The Hall–Kier alpha value is -0.780. The Morgan fingerprint density at radius 2 is 1.04 bits per heavy atom. The van der Waals surface area contributed by atoms with Crippen molar-refractivity contribution in [1.29, 1.82) is 0 Å². The highest BCUT2D eigenvalue weighted by molar-refractivity contribution is 5.32. The van der Waals surface area contributed by atoms with Gasteiger partial charge in [0.05, 0.1) is 0 Å². The normalized spacial score (nSPS) is 12.7. The highest BCUT2D eigenvalue weighted by Crippen LogP contribution is 2.33. The molecule has 0 nitrogen and oxygen atoms in total. The summed E-state index contributed by atoms with van der Waals surface area (Å²) >= 11 is 0. The molecule has 1 unspecified atom stereocenters. The molecule has 25 heavy (non-hydrogen) atoms. The molecule has 1 aromatic carbocycles. The van der Waals surface area contributed by atoms with Gasteiger partial charge in [-0.1, -0.05) is 123 Å². The summed E-state index contributed by atoms with van der Waals surface area (Å²) in [6.07, 6.45) is 18.3. The zero-order chi connectivity index (χ0) is 18.3. The molecule has 1 rings (SSSR count). The minimum Gasteiger partial charge on any atom is -0.0654 e. The van der Waals surface area contributed by atoms with E-state index in [1.165, 1.54) is 83.5 Å². The van der Waals surface area contributed by atoms with Gasteiger partial charge in [-0.05, 0) is 35.8 Å². The lowest BCUT2D eigenvalue weighted by atomic mass is 9.83. The second kappa shape index (κ2) is 14.4. The molecule has 1 aromatic rings. The van der Waals surface area contributed by atoms with E-state index in [1.54, 1.807) is 11.1 Å². The summed E-state index contributed by atoms with van der Waals surface area (Å²) in [6.45, 7) is 9.31. The summed E-state index contributed by atoms with van der Waals surface area (Å²) in [5.41, 5.74) is 3.24. The molecule has 0 aromatic heterocycles. The van der Waals surface area contributed by atoms with Gasteiger partial charge in [-0.2, -0.15) is 0 Å². The molecule has 0 aliphatic heterocycles. The van der Waals surface area contributed by atoms with Crippen molar-refractivity contribution in [2.24, 2.45) is 0 Å². The summed E-state index contributed by atoms with van der Waals surface area (Å²) in [5.74, 6) is 1.43. The van der Waals surface area contributed by atoms with Crippen molar-refractivity contribution in [2.75, 3.05) is 0 Å². The maximum atomic E-state index is 2.42. The Bertz CT molecular complexity index is 418. The fourth-order valence-corrected chi connectivity index (χ4v) is 4.03. The molecule has 0 N–H and O–H groups in total. The van der Waals surface area contributed by atoms with Crippen molar-refractivity contribution in [3.05, 3.63) is 35.4 Å². The SMILES string of the molecule is CCCCCCCCCC(CCCCCC)c1ccccc1C(C)C. The van der Waals surface area contributed by atoms with E-state index in [1.807, 2.05) is 0 Å². The van der Waals surface area contributed by atoms with E-state index in [2.05, 4.69) is 52.0 Å². The fourth-order valence-electron chi connectivity index (χ4n) is 4.03. The van der Waals surface area contributed by atoms with Gasteiger partial charge in [-0.3, -0.25) is 0 Å². The highest BCUT2D eigenvalue weighted by atomic mass is 14.2. The predicted molar refractivity (Wildman–Crippen MR) is 115 cm³/mol. The molecule has 0 aliphatic rings. The minimum absolute atomic E-state index is 0.642. The van der Waals surface area contributed by atoms with Crippen molar-refractivity contribution in [3.8, 4) is 0 Å². The first kappa shape index (κ1) is 22.3. The van der Waals surface area contributed by atoms with Gasteiger partial charge in [0.2, 0.25) is 0 Å². The lowest BCUT2D eigenvalue weighted by Gasteiger charge is -2.22. The summed E-state index contributed by atoms with van der Waals surface area (Å²) in [7, 11) is 0. The van der Waals surface area contributed by atoms with Crippen LogP contribution in [0.5, 0.6) is 0 Å². The maximum Gasteiger partial charge on any atom is -0.0159 e. The molecule has 0 bridgehead atoms. The van der Waals surface area contributed by atoms with Crippen LogP contribution < -0.4 is 0 Å². The van der Waals surface area contributed by atoms with Gasteiger partial charge in [-0.25, -0.2) is 0 Å². The first-order valence-corrected chi connectivity index (χ1v) is 11.3. The molecule has 0 amide bonds. The largest absolute Gasteiger partial charge is 0.0654 e. The third-order valence-electron chi connectivity index (χ3n) is 5.62. The lowest BCUT2D eigenvalue weighted by Crippen LogP contribution is -2.05. The Kier molecular flexibility index (Phi) is 12.8. The van der Waals surface area contributed by atoms with Crippen molar-refractivity contribution in [1.82, 2.24) is 0 Å². The number of rotatable bonds is 15. The molecule has 0 heteroatoms. The first-order chi connectivity index (χ1) is 12.2. The topological polar surface area (TPSA) is 0 Å². The first-order valence-electron chi connectivity index (χ1n) is 11.3. The van der Waals surface area contributed by atoms with E-state index in [-0.39, 0.29) is 0 Å². The Balaban J connectivity index is 2.55. The number of hydrogen-bond donors (Lipinski definition) is 0. The van der Waals surface area contributed by atoms with Crippen molar-refractivity contribution in [3.63, 3.8) is 0 Å². The van der Waals surface area contributed by atoms with Gasteiger partial charge in [0, 0.05) is 0 Å². The number of hydrogen-bond acceptors (Lipinski definition) is 0. The molecule has 0 saturated carbocycles. The molecule has 0 heterocycles. The number of benzene rings is 1. The van der Waals surface area contributed by atoms with E-state index in [4.69, 9.17) is 0 Å². The van der Waals surface area contributed by atoms with Crippen LogP contribution in [0.1, 0.15) is 134 Å². The zero-order valence-electron chi connectivity index (χ0n) is 17.7. The molecule has 144 valence electrons. The molecule has 0 aliphatic carbocycles. The van der Waals surface area contributed by atoms with Crippen LogP contribution in [0.25, 0.3) is 0 Å². The highest BCUT2D eigenvalue weighted by Gasteiger charge is 2.16. The molecule has 0 saturated heterocycles. The van der Waals surface area contributed by atoms with E-state index in [0.717, 1.165) is 5.92 Å². The molecular formula is C25H44. The smallest absolute Gasteiger partial charge is 0.0159 e. The molecule has 1 atom stereocenters. The second-order valence-corrected chi connectivity index (χ2v) is 8.24. The zero-order valence-corrected chi connectivity index (χ0v) is 17.7. The summed E-state index contributed by atoms with van der Waals surface area (Å²) in [6, 6.07) is 9.26. The lowest BCUT2D eigenvalue weighted by molar-refractivity contribution is 0.486. The average Bonchev–Trinajstić information content (AvgIpc) is 2.62. The standard InChI is InChI=1S/C25H44/c1-5-7-9-11-12-13-15-19-23(18-14-10-8-6-2)25-21-17-16-20-24(25)22(3)4/h16-17,20-23H,5-15,18-19H2,1-4H3. The predicted octanol–water partition coefficient (Wildman–Crippen LogP) is 9.00. The van der Waals surface area contributed by atoms with Gasteiger partial charge >= 0.3 is 0 Å². The van der Waals surface area contributed by atoms with E-state index < -0.39 is 0 Å². The van der Waals surface area contributed by atoms with Gasteiger partial charge in [0.25, 0.3) is 0 Å². The fraction of sp³-hybridized carbons (Fsp3) is 0.760. The molecule has 0 spiro atoms. The van der Waals surface area contributed by atoms with Crippen LogP contribution in [-0.2, 0) is 0 Å². The van der Waals surface area contributed by atoms with Gasteiger partial charge in [-0.15, -0.1) is 0 Å². The van der Waals surface area contributed by atoms with Crippen LogP contribution in [0, 0.1) is 0 Å². The van der Waals surface area contributed by atoms with Crippen LogP contribution in [-0.4, -0.2) is 0 Å². The molecular weight excluding hydrogens is 300 g/mol. The average molecular weight is 345 g/mol. The Labute approximate surface area is 158 Å². The quantitative estimate of drug-likeness (QED) is 0.278.